The van der Waals surface area contributed by atoms with E-state index in [1.165, 1.54) is 25.1 Å². The van der Waals surface area contributed by atoms with Crippen LogP contribution in [0.4, 0.5) is 18.9 Å². The summed E-state index contributed by atoms with van der Waals surface area (Å²) in [7, 11) is 0. The first-order valence-corrected chi connectivity index (χ1v) is 9.52. The van der Waals surface area contributed by atoms with Gasteiger partial charge in [0.05, 0.1) is 5.69 Å². The molecule has 0 spiro atoms. The molecule has 1 amide bonds. The highest BCUT2D eigenvalue weighted by Crippen LogP contribution is 2.26. The highest BCUT2D eigenvalue weighted by molar-refractivity contribution is 5.90. The van der Waals surface area contributed by atoms with E-state index in [0.717, 1.165) is 18.2 Å². The number of hydrogen-bond donors (Lipinski definition) is 2. The Balaban J connectivity index is 1.48. The van der Waals surface area contributed by atoms with Crippen LogP contribution in [0, 0.1) is 17.5 Å². The molecule has 2 atom stereocenters. The topological polar surface area (TPSA) is 71.0 Å². The highest BCUT2D eigenvalue weighted by Gasteiger charge is 2.26. The zero-order valence-electron chi connectivity index (χ0n) is 16.4. The monoisotopic (exact) mass is 424 g/mol. The van der Waals surface area contributed by atoms with Crippen LogP contribution in [0.15, 0.2) is 36.4 Å². The smallest absolute Gasteiger partial charge is 0.221 e. The summed E-state index contributed by atoms with van der Waals surface area (Å²) in [5.74, 6) is -2.36. The van der Waals surface area contributed by atoms with Crippen molar-refractivity contribution in [2.75, 3.05) is 31.6 Å². The number of nitrogens with zero attached hydrogens (tertiary/aromatic N) is 1. The van der Waals surface area contributed by atoms with E-state index < -0.39 is 23.6 Å². The van der Waals surface area contributed by atoms with Gasteiger partial charge in [-0.15, -0.1) is 0 Å². The third-order valence-electron chi connectivity index (χ3n) is 4.58. The quantitative estimate of drug-likeness (QED) is 0.682. The fourth-order valence-electron chi connectivity index (χ4n) is 3.25. The number of amides is 1. The van der Waals surface area contributed by atoms with Gasteiger partial charge in [0.2, 0.25) is 5.91 Å². The van der Waals surface area contributed by atoms with E-state index in [-0.39, 0.29) is 30.1 Å². The van der Waals surface area contributed by atoms with Crippen molar-refractivity contribution in [2.45, 2.75) is 25.6 Å². The van der Waals surface area contributed by atoms with Gasteiger partial charge in [0.15, 0.2) is 11.6 Å². The molecule has 1 fully saturated rings. The largest absolute Gasteiger partial charge is 0.489 e. The van der Waals surface area contributed by atoms with Gasteiger partial charge < -0.3 is 19.9 Å². The number of β-amino-alcohol motifs (C(OH)–C–C–N with tert-alkyl or cyclic N) is 1. The van der Waals surface area contributed by atoms with E-state index in [0.29, 0.717) is 31.7 Å². The number of carbonyl (C=O) groups excluding carboxylic acids is 1. The van der Waals surface area contributed by atoms with Crippen LogP contribution in [0.5, 0.6) is 11.5 Å². The lowest BCUT2D eigenvalue weighted by Crippen LogP contribution is -2.35. The van der Waals surface area contributed by atoms with Crippen LogP contribution in [-0.4, -0.2) is 54.4 Å². The molecule has 1 heterocycles. The molecule has 0 bridgehead atoms. The normalized spacial score (nSPS) is 17.6. The summed E-state index contributed by atoms with van der Waals surface area (Å²) in [5, 5.41) is 12.8. The molecule has 2 unspecified atom stereocenters. The fraction of sp³-hybridized carbons (Fsp3) is 0.381. The Morgan fingerprint density at radius 2 is 2.03 bits per heavy atom. The fourth-order valence-corrected chi connectivity index (χ4v) is 3.25. The molecule has 0 radical (unpaired) electrons. The standard InChI is InChI=1S/C21H23F3N2O4/c1-13(27)25-20-5-2-14(22)8-21(20)29-12-15(28)10-26-7-6-17(11-26)30-16-3-4-18(23)19(24)9-16/h2-5,8-9,15,17,28H,6-7,10-12H2,1H3,(H,25,27). The van der Waals surface area contributed by atoms with Crippen LogP contribution in [0.2, 0.25) is 0 Å². The van der Waals surface area contributed by atoms with Crippen LogP contribution in [0.25, 0.3) is 0 Å². The molecule has 0 aromatic heterocycles. The Kier molecular flexibility index (Phi) is 7.17. The molecular weight excluding hydrogens is 401 g/mol. The first-order valence-electron chi connectivity index (χ1n) is 9.52. The van der Waals surface area contributed by atoms with Gasteiger partial charge in [-0.2, -0.15) is 0 Å². The minimum absolute atomic E-state index is 0.0960. The second-order valence-corrected chi connectivity index (χ2v) is 7.15. The molecule has 2 N–H and O–H groups in total. The summed E-state index contributed by atoms with van der Waals surface area (Å²) < 4.78 is 51.0. The molecule has 0 aliphatic carbocycles. The summed E-state index contributed by atoms with van der Waals surface area (Å²) in [4.78, 5) is 13.2. The number of nitrogens with one attached hydrogen (secondary N) is 1. The number of ether oxygens (including phenoxy) is 2. The second kappa shape index (κ2) is 9.82. The predicted octanol–water partition coefficient (Wildman–Crippen LogP) is 2.96. The molecule has 9 heteroatoms. The van der Waals surface area contributed by atoms with Gasteiger partial charge in [0.25, 0.3) is 0 Å². The lowest BCUT2D eigenvalue weighted by Gasteiger charge is -2.21. The Labute approximate surface area is 172 Å². The zero-order chi connectivity index (χ0) is 21.7. The van der Waals surface area contributed by atoms with E-state index in [1.54, 1.807) is 0 Å². The van der Waals surface area contributed by atoms with Crippen molar-refractivity contribution < 1.29 is 32.5 Å². The van der Waals surface area contributed by atoms with E-state index >= 15 is 0 Å². The van der Waals surface area contributed by atoms with Gasteiger partial charge in [-0.1, -0.05) is 0 Å². The Morgan fingerprint density at radius 3 is 2.77 bits per heavy atom. The third-order valence-corrected chi connectivity index (χ3v) is 4.58. The Hall–Kier alpha value is -2.78. The van der Waals surface area contributed by atoms with Crippen molar-refractivity contribution in [2.24, 2.45) is 0 Å². The number of likely N-dealkylation sites (tertiary alicyclic amines) is 1. The number of rotatable bonds is 8. The summed E-state index contributed by atoms with van der Waals surface area (Å²) in [6, 6.07) is 7.12. The average Bonchev–Trinajstić information content (AvgIpc) is 3.11. The van der Waals surface area contributed by atoms with Crippen LogP contribution in [0.1, 0.15) is 13.3 Å². The minimum atomic E-state index is -0.967. The summed E-state index contributed by atoms with van der Waals surface area (Å²) >= 11 is 0. The molecule has 2 aromatic rings. The summed E-state index contributed by atoms with van der Waals surface area (Å²) in [5.41, 5.74) is 0.317. The van der Waals surface area contributed by atoms with Gasteiger partial charge in [0.1, 0.15) is 36.1 Å². The molecule has 30 heavy (non-hydrogen) atoms. The maximum absolute atomic E-state index is 13.5. The van der Waals surface area contributed by atoms with Gasteiger partial charge in [-0.3, -0.25) is 9.69 Å². The molecule has 1 saturated heterocycles. The maximum Gasteiger partial charge on any atom is 0.221 e. The first kappa shape index (κ1) is 21.9. The van der Waals surface area contributed by atoms with Gasteiger partial charge in [-0.05, 0) is 30.7 Å². The van der Waals surface area contributed by atoms with Crippen molar-refractivity contribution in [1.82, 2.24) is 4.90 Å². The number of anilines is 1. The SMILES string of the molecule is CC(=O)Nc1ccc(F)cc1OCC(O)CN1CCC(Oc2ccc(F)c(F)c2)C1. The van der Waals surface area contributed by atoms with Gasteiger partial charge in [-0.25, -0.2) is 13.2 Å². The molecule has 3 rings (SSSR count). The van der Waals surface area contributed by atoms with Crippen LogP contribution in [-0.2, 0) is 4.79 Å². The van der Waals surface area contributed by atoms with Crippen molar-refractivity contribution in [3.05, 3.63) is 53.8 Å². The molecular formula is C21H23F3N2O4. The minimum Gasteiger partial charge on any atom is -0.489 e. The molecule has 2 aromatic carbocycles. The molecule has 0 saturated carbocycles. The number of halogens is 3. The van der Waals surface area contributed by atoms with Crippen molar-refractivity contribution >= 4 is 11.6 Å². The van der Waals surface area contributed by atoms with E-state index in [2.05, 4.69) is 5.32 Å². The Bertz CT molecular complexity index is 897. The summed E-state index contributed by atoms with van der Waals surface area (Å²) in [6.07, 6.45) is -0.401. The number of benzene rings is 2. The molecule has 162 valence electrons. The number of aliphatic hydroxyl groups is 1. The molecule has 6 nitrogen and oxygen atoms in total. The van der Waals surface area contributed by atoms with Crippen LogP contribution < -0.4 is 14.8 Å². The first-order chi connectivity index (χ1) is 14.3. The van der Waals surface area contributed by atoms with Crippen molar-refractivity contribution in [1.29, 1.82) is 0 Å². The van der Waals surface area contributed by atoms with Crippen molar-refractivity contribution in [3.63, 3.8) is 0 Å². The second-order valence-electron chi connectivity index (χ2n) is 7.15. The van der Waals surface area contributed by atoms with E-state index in [9.17, 15) is 23.1 Å². The molecule has 1 aliphatic rings. The maximum atomic E-state index is 13.5. The lowest BCUT2D eigenvalue weighted by molar-refractivity contribution is -0.114. The average molecular weight is 424 g/mol. The lowest BCUT2D eigenvalue weighted by atomic mass is 10.2. The third kappa shape index (κ3) is 6.11. The number of hydrogen-bond acceptors (Lipinski definition) is 5. The molecule has 1 aliphatic heterocycles. The van der Waals surface area contributed by atoms with Crippen molar-refractivity contribution in [3.8, 4) is 11.5 Å². The predicted molar refractivity (Wildman–Crippen MR) is 104 cm³/mol. The Morgan fingerprint density at radius 1 is 1.23 bits per heavy atom. The van der Waals surface area contributed by atoms with Gasteiger partial charge in [0, 0.05) is 38.7 Å². The zero-order valence-corrected chi connectivity index (χ0v) is 16.4. The summed E-state index contributed by atoms with van der Waals surface area (Å²) in [6.45, 7) is 2.69. The van der Waals surface area contributed by atoms with E-state index in [1.807, 2.05) is 4.90 Å². The number of carbonyl (C=O) groups is 1. The van der Waals surface area contributed by atoms with Gasteiger partial charge >= 0.3 is 0 Å². The van der Waals surface area contributed by atoms with E-state index in [4.69, 9.17) is 9.47 Å². The highest BCUT2D eigenvalue weighted by atomic mass is 19.2. The van der Waals surface area contributed by atoms with Crippen LogP contribution >= 0.6 is 0 Å². The van der Waals surface area contributed by atoms with Crippen LogP contribution in [0.3, 0.4) is 0 Å². The number of aliphatic hydroxyl groups excluding tert-OH is 1.